The van der Waals surface area contributed by atoms with Crippen LogP contribution in [-0.4, -0.2) is 41.6 Å². The van der Waals surface area contributed by atoms with E-state index in [2.05, 4.69) is 5.32 Å². The number of sulfonamides is 1. The van der Waals surface area contributed by atoms with E-state index in [1.165, 1.54) is 16.4 Å². The van der Waals surface area contributed by atoms with Crippen molar-refractivity contribution in [1.82, 2.24) is 5.32 Å². The first kappa shape index (κ1) is 24.7. The normalized spacial score (nSPS) is 16.6. The zero-order chi connectivity index (χ0) is 25.2. The summed E-state index contributed by atoms with van der Waals surface area (Å²) in [4.78, 5) is 13.3. The van der Waals surface area contributed by atoms with Crippen LogP contribution in [0.4, 0.5) is 5.69 Å². The maximum absolute atomic E-state index is 13.3. The largest absolute Gasteiger partial charge is 0.476 e. The number of hydrogen-bond acceptors (Lipinski definition) is 6. The third-order valence-electron chi connectivity index (χ3n) is 5.72. The van der Waals surface area contributed by atoms with Crippen molar-refractivity contribution in [2.75, 3.05) is 17.1 Å². The van der Waals surface area contributed by atoms with Crippen molar-refractivity contribution < 1.29 is 26.4 Å². The predicted molar refractivity (Wildman–Crippen MR) is 133 cm³/mol. The molecule has 0 spiro atoms. The molecule has 2 atom stereocenters. The lowest BCUT2D eigenvalue weighted by Crippen LogP contribution is -2.51. The summed E-state index contributed by atoms with van der Waals surface area (Å²) in [6.07, 6.45) is 0.0662. The number of amides is 1. The minimum Gasteiger partial charge on any atom is -0.476 e. The Bertz CT molecular complexity index is 1420. The van der Waals surface area contributed by atoms with E-state index in [0.29, 0.717) is 22.6 Å². The number of carbonyl (C=O) groups excluding carboxylic acids is 1. The molecule has 8 nitrogen and oxygen atoms in total. The van der Waals surface area contributed by atoms with Gasteiger partial charge in [-0.05, 0) is 42.3 Å². The molecule has 0 aliphatic carbocycles. The van der Waals surface area contributed by atoms with Gasteiger partial charge in [0.05, 0.1) is 28.9 Å². The van der Waals surface area contributed by atoms with Gasteiger partial charge in [-0.1, -0.05) is 54.6 Å². The van der Waals surface area contributed by atoms with Crippen LogP contribution in [0.3, 0.4) is 0 Å². The molecular weight excluding hydrogens is 488 g/mol. The molecule has 1 heterocycles. The molecule has 0 fully saturated rings. The van der Waals surface area contributed by atoms with Crippen molar-refractivity contribution in [3.05, 3.63) is 90.0 Å². The van der Waals surface area contributed by atoms with Crippen molar-refractivity contribution in [2.24, 2.45) is 0 Å². The highest BCUT2D eigenvalue weighted by molar-refractivity contribution is 7.92. The van der Waals surface area contributed by atoms with Gasteiger partial charge in [0.2, 0.25) is 10.0 Å². The summed E-state index contributed by atoms with van der Waals surface area (Å²) in [5.74, 6) is -0.376. The highest BCUT2D eigenvalue weighted by atomic mass is 32.2. The van der Waals surface area contributed by atoms with Crippen molar-refractivity contribution in [2.45, 2.75) is 29.7 Å². The number of hydrogen-bond donors (Lipinski definition) is 1. The second-order valence-electron chi connectivity index (χ2n) is 8.42. The number of para-hydroxylation sites is 2. The van der Waals surface area contributed by atoms with E-state index in [1.807, 2.05) is 6.07 Å². The topological polar surface area (TPSA) is 110 Å². The fourth-order valence-corrected chi connectivity index (χ4v) is 6.07. The number of rotatable bonds is 7. The van der Waals surface area contributed by atoms with Crippen LogP contribution in [0.5, 0.6) is 5.75 Å². The molecule has 0 aromatic heterocycles. The molecule has 3 aromatic carbocycles. The zero-order valence-corrected chi connectivity index (χ0v) is 20.9. The van der Waals surface area contributed by atoms with Crippen LogP contribution in [0, 0.1) is 0 Å². The smallest absolute Gasteiger partial charge is 0.263 e. The second-order valence-corrected chi connectivity index (χ2v) is 12.3. The molecule has 10 heteroatoms. The predicted octanol–water partition coefficient (Wildman–Crippen LogP) is 3.06. The van der Waals surface area contributed by atoms with E-state index in [9.17, 15) is 21.6 Å². The van der Waals surface area contributed by atoms with E-state index >= 15 is 0 Å². The number of sulfone groups is 1. The van der Waals surface area contributed by atoms with Crippen molar-refractivity contribution in [3.8, 4) is 5.75 Å². The quantitative estimate of drug-likeness (QED) is 0.519. The maximum atomic E-state index is 13.3. The van der Waals surface area contributed by atoms with Gasteiger partial charge < -0.3 is 10.1 Å². The van der Waals surface area contributed by atoms with Crippen LogP contribution in [0.15, 0.2) is 83.8 Å². The monoisotopic (exact) mass is 514 g/mol. The Morgan fingerprint density at radius 2 is 1.60 bits per heavy atom. The molecule has 1 aliphatic rings. The highest BCUT2D eigenvalue weighted by Crippen LogP contribution is 2.36. The average molecular weight is 515 g/mol. The number of fused-ring (bicyclic) bond motifs is 1. The summed E-state index contributed by atoms with van der Waals surface area (Å²) < 4.78 is 57.1. The van der Waals surface area contributed by atoms with Gasteiger partial charge in [0.15, 0.2) is 15.9 Å². The molecule has 0 saturated carbocycles. The molecule has 35 heavy (non-hydrogen) atoms. The van der Waals surface area contributed by atoms with Crippen LogP contribution in [0.1, 0.15) is 24.1 Å². The third-order valence-corrected chi connectivity index (χ3v) is 8.57. The van der Waals surface area contributed by atoms with Gasteiger partial charge in [-0.3, -0.25) is 9.10 Å². The first-order valence-electron chi connectivity index (χ1n) is 10.9. The molecule has 184 valence electrons. The molecule has 0 unspecified atom stereocenters. The van der Waals surface area contributed by atoms with Crippen molar-refractivity contribution >= 4 is 31.5 Å². The fraction of sp³-hybridized carbons (Fsp3) is 0.240. The van der Waals surface area contributed by atoms with Gasteiger partial charge in [-0.2, -0.15) is 0 Å². The molecule has 1 aliphatic heterocycles. The van der Waals surface area contributed by atoms with E-state index in [4.69, 9.17) is 4.74 Å². The summed E-state index contributed by atoms with van der Waals surface area (Å²) >= 11 is 0. The van der Waals surface area contributed by atoms with Gasteiger partial charge in [0.1, 0.15) is 5.75 Å². The Hall–Kier alpha value is -3.37. The lowest BCUT2D eigenvalue weighted by molar-refractivity contribution is -0.128. The number of benzene rings is 3. The molecule has 0 saturated heterocycles. The number of nitrogens with one attached hydrogen (secondary N) is 1. The Morgan fingerprint density at radius 1 is 0.971 bits per heavy atom. The van der Waals surface area contributed by atoms with Crippen molar-refractivity contribution in [3.63, 3.8) is 0 Å². The number of ether oxygens (including phenoxy) is 1. The summed E-state index contributed by atoms with van der Waals surface area (Å²) in [6, 6.07) is 21.4. The first-order chi connectivity index (χ1) is 16.5. The van der Waals surface area contributed by atoms with Gasteiger partial charge in [-0.25, -0.2) is 16.8 Å². The van der Waals surface area contributed by atoms with Gasteiger partial charge in [0.25, 0.3) is 5.91 Å². The Balaban J connectivity index is 1.54. The second kappa shape index (κ2) is 9.71. The minimum atomic E-state index is -3.80. The van der Waals surface area contributed by atoms with Crippen LogP contribution in [-0.2, 0) is 30.4 Å². The van der Waals surface area contributed by atoms with Crippen LogP contribution < -0.4 is 14.4 Å². The molecule has 0 radical (unpaired) electrons. The Kier molecular flexibility index (Phi) is 6.86. The summed E-state index contributed by atoms with van der Waals surface area (Å²) in [6.45, 7) is 1.59. The molecular formula is C25H26N2O6S2. The van der Waals surface area contributed by atoms with E-state index in [-0.39, 0.29) is 17.2 Å². The zero-order valence-electron chi connectivity index (χ0n) is 19.3. The van der Waals surface area contributed by atoms with E-state index < -0.39 is 37.9 Å². The standard InChI is InChI=1S/C25H26N2O6S2/c1-18(20-12-14-21(15-13-20)34(2,29)30)26-25(28)24-16-27(22-10-6-7-11-23(22)33-24)35(31,32)17-19-8-4-3-5-9-19/h3-15,18,24H,16-17H2,1-2H3,(H,26,28)/t18-,24+/m0/s1. The number of anilines is 1. The van der Waals surface area contributed by atoms with Gasteiger partial charge >= 0.3 is 0 Å². The summed E-state index contributed by atoms with van der Waals surface area (Å²) in [5, 5.41) is 2.84. The van der Waals surface area contributed by atoms with Crippen LogP contribution in [0.2, 0.25) is 0 Å². The first-order valence-corrected chi connectivity index (χ1v) is 14.4. The Morgan fingerprint density at radius 3 is 2.26 bits per heavy atom. The number of carbonyl (C=O) groups is 1. The minimum absolute atomic E-state index is 0.169. The van der Waals surface area contributed by atoms with Gasteiger partial charge in [0, 0.05) is 6.26 Å². The fourth-order valence-electron chi connectivity index (χ4n) is 3.86. The third kappa shape index (κ3) is 5.66. The summed E-state index contributed by atoms with van der Waals surface area (Å²) in [5.41, 5.74) is 1.73. The lowest BCUT2D eigenvalue weighted by atomic mass is 10.1. The molecule has 1 N–H and O–H groups in total. The Labute approximate surface area is 205 Å². The molecule has 1 amide bonds. The molecule has 4 rings (SSSR count). The molecule has 0 bridgehead atoms. The van der Waals surface area contributed by atoms with Gasteiger partial charge in [-0.15, -0.1) is 0 Å². The highest BCUT2D eigenvalue weighted by Gasteiger charge is 2.37. The SMILES string of the molecule is C[C@H](NC(=O)[C@H]1CN(S(=O)(=O)Cc2ccccc2)c2ccccc2O1)c1ccc(S(C)(=O)=O)cc1. The molecule has 3 aromatic rings. The summed E-state index contributed by atoms with van der Waals surface area (Å²) in [7, 11) is -7.13. The maximum Gasteiger partial charge on any atom is 0.263 e. The van der Waals surface area contributed by atoms with Crippen LogP contribution >= 0.6 is 0 Å². The van der Waals surface area contributed by atoms with Crippen LogP contribution in [0.25, 0.3) is 0 Å². The lowest BCUT2D eigenvalue weighted by Gasteiger charge is -2.35. The van der Waals surface area contributed by atoms with E-state index in [0.717, 1.165) is 6.26 Å². The number of nitrogens with zero attached hydrogens (tertiary/aromatic N) is 1. The van der Waals surface area contributed by atoms with E-state index in [1.54, 1.807) is 67.6 Å². The average Bonchev–Trinajstić information content (AvgIpc) is 2.83. The van der Waals surface area contributed by atoms with Crippen molar-refractivity contribution in [1.29, 1.82) is 0 Å².